The number of rotatable bonds is 4. The van der Waals surface area contributed by atoms with Gasteiger partial charge in [-0.25, -0.2) is 0 Å². The summed E-state index contributed by atoms with van der Waals surface area (Å²) in [4.78, 5) is 10.6. The molecule has 0 fully saturated rings. The highest BCUT2D eigenvalue weighted by Gasteiger charge is 1.97. The fourth-order valence-electron chi connectivity index (χ4n) is 0.554. The van der Waals surface area contributed by atoms with E-state index in [2.05, 4.69) is 6.92 Å². The minimum Gasteiger partial charge on any atom is -0.466 e. The van der Waals surface area contributed by atoms with Gasteiger partial charge in [0.15, 0.2) is 0 Å². The molecule has 0 radical (unpaired) electrons. The van der Waals surface area contributed by atoms with Crippen molar-refractivity contribution in [1.29, 1.82) is 0 Å². The van der Waals surface area contributed by atoms with Crippen LogP contribution >= 0.6 is 12.4 Å². The fraction of sp³-hybridized carbons (Fsp3) is 0.857. The average molecular weight is 167 g/mol. The van der Waals surface area contributed by atoms with Crippen LogP contribution in [0.25, 0.3) is 0 Å². The van der Waals surface area contributed by atoms with Crippen molar-refractivity contribution in [1.82, 2.24) is 0 Å². The quantitative estimate of drug-likeness (QED) is 0.599. The predicted octanol–water partition coefficient (Wildman–Crippen LogP) is 2.16. The average Bonchev–Trinajstić information content (AvgIpc) is 1.85. The molecule has 0 spiro atoms. The molecule has 0 aromatic rings. The maximum Gasteiger partial charge on any atom is 0.305 e. The summed E-state index contributed by atoms with van der Waals surface area (Å²) in [5.41, 5.74) is 0. The molecule has 2 nitrogen and oxygen atoms in total. The molecule has 0 unspecified atom stereocenters. The van der Waals surface area contributed by atoms with Crippen molar-refractivity contribution in [2.45, 2.75) is 33.1 Å². The first kappa shape index (κ1) is 12.4. The SMILES string of the molecule is CCCCC(=O)OCC.Cl. The van der Waals surface area contributed by atoms with E-state index >= 15 is 0 Å². The summed E-state index contributed by atoms with van der Waals surface area (Å²) in [5, 5.41) is 0. The Kier molecular flexibility index (Phi) is 10.9. The molecule has 0 rings (SSSR count). The van der Waals surface area contributed by atoms with Gasteiger partial charge < -0.3 is 4.74 Å². The van der Waals surface area contributed by atoms with Crippen LogP contribution in [-0.4, -0.2) is 12.6 Å². The Labute approximate surface area is 68.4 Å². The van der Waals surface area contributed by atoms with E-state index in [0.717, 1.165) is 12.8 Å². The summed E-state index contributed by atoms with van der Waals surface area (Å²) >= 11 is 0. The molecule has 0 saturated heterocycles. The molecule has 0 bridgehead atoms. The number of ether oxygens (including phenoxy) is 1. The predicted molar refractivity (Wildman–Crippen MR) is 43.4 cm³/mol. The summed E-state index contributed by atoms with van der Waals surface area (Å²) in [6.07, 6.45) is 2.57. The first-order valence-corrected chi connectivity index (χ1v) is 3.46. The molecular weight excluding hydrogens is 152 g/mol. The second-order valence-electron chi connectivity index (χ2n) is 1.91. The first-order valence-electron chi connectivity index (χ1n) is 3.46. The Morgan fingerprint density at radius 2 is 2.00 bits per heavy atom. The zero-order valence-corrected chi connectivity index (χ0v) is 7.37. The third-order valence-corrected chi connectivity index (χ3v) is 1.04. The van der Waals surface area contributed by atoms with Crippen molar-refractivity contribution in [2.75, 3.05) is 6.61 Å². The van der Waals surface area contributed by atoms with Gasteiger partial charge in [0.25, 0.3) is 0 Å². The summed E-state index contributed by atoms with van der Waals surface area (Å²) < 4.78 is 4.70. The van der Waals surface area contributed by atoms with Crippen LogP contribution in [0, 0.1) is 0 Å². The third-order valence-electron chi connectivity index (χ3n) is 1.04. The molecule has 0 saturated carbocycles. The minimum atomic E-state index is -0.0700. The van der Waals surface area contributed by atoms with Gasteiger partial charge in [-0.15, -0.1) is 12.4 Å². The molecule has 10 heavy (non-hydrogen) atoms. The molecule has 0 aromatic carbocycles. The van der Waals surface area contributed by atoms with Gasteiger partial charge in [0.05, 0.1) is 6.61 Å². The maximum absolute atomic E-state index is 10.6. The smallest absolute Gasteiger partial charge is 0.305 e. The largest absolute Gasteiger partial charge is 0.466 e. The Hall–Kier alpha value is -0.240. The normalized spacial score (nSPS) is 8.20. The topological polar surface area (TPSA) is 26.3 Å². The van der Waals surface area contributed by atoms with Crippen LogP contribution in [0.4, 0.5) is 0 Å². The van der Waals surface area contributed by atoms with Gasteiger partial charge in [0.1, 0.15) is 0 Å². The lowest BCUT2D eigenvalue weighted by Gasteiger charge is -1.97. The molecule has 62 valence electrons. The maximum atomic E-state index is 10.6. The lowest BCUT2D eigenvalue weighted by atomic mass is 10.3. The van der Waals surface area contributed by atoms with Crippen molar-refractivity contribution in [3.63, 3.8) is 0 Å². The Morgan fingerprint density at radius 1 is 1.40 bits per heavy atom. The molecule has 0 heterocycles. The monoisotopic (exact) mass is 166 g/mol. The summed E-state index contributed by atoms with van der Waals surface area (Å²) in [6.45, 7) is 4.38. The van der Waals surface area contributed by atoms with E-state index in [-0.39, 0.29) is 18.4 Å². The fourth-order valence-corrected chi connectivity index (χ4v) is 0.554. The second kappa shape index (κ2) is 8.76. The van der Waals surface area contributed by atoms with Gasteiger partial charge >= 0.3 is 5.97 Å². The molecule has 0 aliphatic rings. The number of halogens is 1. The molecule has 0 aliphatic carbocycles. The summed E-state index contributed by atoms with van der Waals surface area (Å²) in [6, 6.07) is 0. The van der Waals surface area contributed by atoms with E-state index in [9.17, 15) is 4.79 Å². The summed E-state index contributed by atoms with van der Waals surface area (Å²) in [5.74, 6) is -0.0700. The standard InChI is InChI=1S/C7H14O2.ClH/c1-3-5-6-7(8)9-4-2;/h3-6H2,1-2H3;1H. The number of hydrogen-bond acceptors (Lipinski definition) is 2. The second-order valence-corrected chi connectivity index (χ2v) is 1.91. The van der Waals surface area contributed by atoms with Crippen molar-refractivity contribution in [3.05, 3.63) is 0 Å². The molecule has 3 heteroatoms. The number of unbranched alkanes of at least 4 members (excludes halogenated alkanes) is 1. The van der Waals surface area contributed by atoms with Crippen LogP contribution in [-0.2, 0) is 9.53 Å². The van der Waals surface area contributed by atoms with E-state index in [1.54, 1.807) is 0 Å². The number of hydrogen-bond donors (Lipinski definition) is 0. The molecule has 0 amide bonds. The van der Waals surface area contributed by atoms with Gasteiger partial charge in [-0.1, -0.05) is 13.3 Å². The molecule has 0 atom stereocenters. The van der Waals surface area contributed by atoms with Gasteiger partial charge in [-0.2, -0.15) is 0 Å². The zero-order chi connectivity index (χ0) is 7.11. The van der Waals surface area contributed by atoms with E-state index in [1.165, 1.54) is 0 Å². The highest BCUT2D eigenvalue weighted by Crippen LogP contribution is 1.95. The van der Waals surface area contributed by atoms with Crippen LogP contribution in [0.15, 0.2) is 0 Å². The van der Waals surface area contributed by atoms with Crippen molar-refractivity contribution in [2.24, 2.45) is 0 Å². The summed E-state index contributed by atoms with van der Waals surface area (Å²) in [7, 11) is 0. The molecular formula is C7H15ClO2. The number of esters is 1. The Morgan fingerprint density at radius 3 is 2.40 bits per heavy atom. The van der Waals surface area contributed by atoms with E-state index < -0.39 is 0 Å². The number of carbonyl (C=O) groups excluding carboxylic acids is 1. The van der Waals surface area contributed by atoms with Gasteiger partial charge in [-0.3, -0.25) is 4.79 Å². The Bertz CT molecular complexity index is 83.7. The molecule has 0 N–H and O–H groups in total. The van der Waals surface area contributed by atoms with Crippen LogP contribution < -0.4 is 0 Å². The van der Waals surface area contributed by atoms with Crippen LogP contribution in [0.3, 0.4) is 0 Å². The van der Waals surface area contributed by atoms with E-state index in [0.29, 0.717) is 13.0 Å². The van der Waals surface area contributed by atoms with Crippen molar-refractivity contribution < 1.29 is 9.53 Å². The van der Waals surface area contributed by atoms with Crippen LogP contribution in [0.2, 0.25) is 0 Å². The first-order chi connectivity index (χ1) is 4.31. The van der Waals surface area contributed by atoms with Crippen molar-refractivity contribution in [3.8, 4) is 0 Å². The van der Waals surface area contributed by atoms with Gasteiger partial charge in [0.2, 0.25) is 0 Å². The lowest BCUT2D eigenvalue weighted by Crippen LogP contribution is -2.02. The highest BCUT2D eigenvalue weighted by atomic mass is 35.5. The van der Waals surface area contributed by atoms with Crippen LogP contribution in [0.1, 0.15) is 33.1 Å². The lowest BCUT2D eigenvalue weighted by molar-refractivity contribution is -0.143. The van der Waals surface area contributed by atoms with Gasteiger partial charge in [0, 0.05) is 6.42 Å². The van der Waals surface area contributed by atoms with Crippen molar-refractivity contribution >= 4 is 18.4 Å². The highest BCUT2D eigenvalue weighted by molar-refractivity contribution is 5.85. The van der Waals surface area contributed by atoms with E-state index in [1.807, 2.05) is 6.92 Å². The van der Waals surface area contributed by atoms with E-state index in [4.69, 9.17) is 4.74 Å². The number of carbonyl (C=O) groups is 1. The molecule has 0 aliphatic heterocycles. The Balaban J connectivity index is 0. The van der Waals surface area contributed by atoms with Gasteiger partial charge in [-0.05, 0) is 13.3 Å². The minimum absolute atomic E-state index is 0. The molecule has 0 aromatic heterocycles. The van der Waals surface area contributed by atoms with Crippen LogP contribution in [0.5, 0.6) is 0 Å². The zero-order valence-electron chi connectivity index (χ0n) is 6.55. The third kappa shape index (κ3) is 7.76.